The zero-order valence-corrected chi connectivity index (χ0v) is 7.52. The maximum atomic E-state index is 5.17. The van der Waals surface area contributed by atoms with Crippen molar-refractivity contribution in [1.82, 2.24) is 4.98 Å². The van der Waals surface area contributed by atoms with Gasteiger partial charge in [-0.1, -0.05) is 6.07 Å². The van der Waals surface area contributed by atoms with Crippen LogP contribution in [0.15, 0.2) is 30.5 Å². The van der Waals surface area contributed by atoms with Crippen molar-refractivity contribution in [3.8, 4) is 5.75 Å². The van der Waals surface area contributed by atoms with Gasteiger partial charge in [0.15, 0.2) is 0 Å². The van der Waals surface area contributed by atoms with Gasteiger partial charge in [-0.2, -0.15) is 0 Å². The van der Waals surface area contributed by atoms with E-state index in [1.54, 1.807) is 7.11 Å². The van der Waals surface area contributed by atoms with Gasteiger partial charge in [-0.05, 0) is 18.2 Å². The number of halogens is 1. The van der Waals surface area contributed by atoms with Crippen LogP contribution < -0.4 is 4.74 Å². The van der Waals surface area contributed by atoms with Gasteiger partial charge in [-0.25, -0.2) is 0 Å². The molecule has 0 bridgehead atoms. The monoisotopic (exact) mass is 183 g/mol. The Hall–Kier alpha value is -1.15. The third-order valence-corrected chi connectivity index (χ3v) is 1.77. The highest BCUT2D eigenvalue weighted by Gasteiger charge is 1.98. The minimum Gasteiger partial charge on any atom is -0.496 e. The lowest BCUT2D eigenvalue weighted by Crippen LogP contribution is -1.81. The lowest BCUT2D eigenvalue weighted by molar-refractivity contribution is 0.420. The molecule has 2 nitrogen and oxygen atoms in total. The molecule has 0 spiro atoms. The Kier molecular flexibility index (Phi) is 2.61. The van der Waals surface area contributed by atoms with Crippen LogP contribution in [0.1, 0.15) is 0 Å². The number of benzene rings is 1. The van der Waals surface area contributed by atoms with E-state index >= 15 is 0 Å². The molecule has 2 aromatic rings. The van der Waals surface area contributed by atoms with Crippen molar-refractivity contribution < 1.29 is 4.74 Å². The first-order chi connectivity index (χ1) is 5.42. The van der Waals surface area contributed by atoms with Crippen LogP contribution in [0.2, 0.25) is 0 Å². The average Bonchev–Trinajstić information content (AvgIpc) is 2.50. The summed E-state index contributed by atoms with van der Waals surface area (Å²) in [6, 6.07) is 7.96. The summed E-state index contributed by atoms with van der Waals surface area (Å²) < 4.78 is 5.17. The highest BCUT2D eigenvalue weighted by atomic mass is 35.5. The molecule has 0 fully saturated rings. The summed E-state index contributed by atoms with van der Waals surface area (Å²) in [5.41, 5.74) is 1.12. The lowest BCUT2D eigenvalue weighted by Gasteiger charge is -1.99. The third-order valence-electron chi connectivity index (χ3n) is 1.77. The molecule has 64 valence electrons. The van der Waals surface area contributed by atoms with Crippen molar-refractivity contribution >= 4 is 23.3 Å². The second-order valence-corrected chi connectivity index (χ2v) is 2.40. The largest absolute Gasteiger partial charge is 0.496 e. The fourth-order valence-corrected chi connectivity index (χ4v) is 1.23. The second-order valence-electron chi connectivity index (χ2n) is 2.40. The smallest absolute Gasteiger partial charge is 0.128 e. The number of hydrogen-bond donors (Lipinski definition) is 1. The Bertz CT molecular complexity index is 369. The normalized spacial score (nSPS) is 9.42. The van der Waals surface area contributed by atoms with E-state index in [1.807, 2.05) is 30.5 Å². The number of nitrogens with one attached hydrogen (secondary N) is 1. The van der Waals surface area contributed by atoms with E-state index in [4.69, 9.17) is 4.74 Å². The van der Waals surface area contributed by atoms with E-state index in [2.05, 4.69) is 4.98 Å². The molecule has 1 aromatic carbocycles. The van der Waals surface area contributed by atoms with E-state index in [1.165, 1.54) is 0 Å². The molecule has 0 saturated carbocycles. The van der Waals surface area contributed by atoms with Crippen LogP contribution >= 0.6 is 12.4 Å². The summed E-state index contributed by atoms with van der Waals surface area (Å²) >= 11 is 0. The van der Waals surface area contributed by atoms with Crippen LogP contribution in [0.5, 0.6) is 5.75 Å². The zero-order chi connectivity index (χ0) is 7.68. The zero-order valence-electron chi connectivity index (χ0n) is 6.70. The minimum atomic E-state index is 0. The standard InChI is InChI=1S/C9H9NO.ClH/c1-11-9-4-2-3-8-7(9)5-6-10-8;/h2-6,10H,1H3;1H. The Morgan fingerprint density at radius 3 is 2.83 bits per heavy atom. The minimum absolute atomic E-state index is 0. The van der Waals surface area contributed by atoms with Gasteiger partial charge in [0.1, 0.15) is 5.75 Å². The SMILES string of the molecule is COc1cccc2[nH]ccc12.Cl. The number of methoxy groups -OCH3 is 1. The molecule has 1 heterocycles. The molecule has 12 heavy (non-hydrogen) atoms. The van der Waals surface area contributed by atoms with Gasteiger partial charge in [0, 0.05) is 17.1 Å². The summed E-state index contributed by atoms with van der Waals surface area (Å²) in [6.45, 7) is 0. The van der Waals surface area contributed by atoms with Crippen molar-refractivity contribution in [2.75, 3.05) is 7.11 Å². The summed E-state index contributed by atoms with van der Waals surface area (Å²) in [6.07, 6.45) is 1.91. The topological polar surface area (TPSA) is 25.0 Å². The van der Waals surface area contributed by atoms with Gasteiger partial charge in [0.25, 0.3) is 0 Å². The number of aromatic amines is 1. The number of ether oxygens (including phenoxy) is 1. The molecule has 1 N–H and O–H groups in total. The molecule has 3 heteroatoms. The quantitative estimate of drug-likeness (QED) is 0.723. The Morgan fingerprint density at radius 1 is 1.25 bits per heavy atom. The van der Waals surface area contributed by atoms with Crippen molar-refractivity contribution in [3.05, 3.63) is 30.5 Å². The molecule has 0 unspecified atom stereocenters. The molecule has 0 atom stereocenters. The average molecular weight is 184 g/mol. The fourth-order valence-electron chi connectivity index (χ4n) is 1.23. The van der Waals surface area contributed by atoms with Gasteiger partial charge in [-0.15, -0.1) is 12.4 Å². The van der Waals surface area contributed by atoms with Gasteiger partial charge in [0.2, 0.25) is 0 Å². The number of aromatic nitrogens is 1. The molecular weight excluding hydrogens is 174 g/mol. The third kappa shape index (κ3) is 1.25. The first-order valence-electron chi connectivity index (χ1n) is 3.52. The van der Waals surface area contributed by atoms with Crippen LogP contribution in [0.25, 0.3) is 10.9 Å². The number of fused-ring (bicyclic) bond motifs is 1. The molecule has 2 rings (SSSR count). The Balaban J connectivity index is 0.000000720. The predicted molar refractivity (Wildman–Crippen MR) is 52.1 cm³/mol. The molecule has 1 aromatic heterocycles. The lowest BCUT2D eigenvalue weighted by atomic mass is 10.2. The van der Waals surface area contributed by atoms with Crippen molar-refractivity contribution in [2.45, 2.75) is 0 Å². The first kappa shape index (κ1) is 8.94. The number of hydrogen-bond acceptors (Lipinski definition) is 1. The molecular formula is C9H10ClNO. The maximum absolute atomic E-state index is 5.17. The molecule has 0 saturated heterocycles. The maximum Gasteiger partial charge on any atom is 0.128 e. The van der Waals surface area contributed by atoms with Crippen LogP contribution in [0, 0.1) is 0 Å². The van der Waals surface area contributed by atoms with E-state index in [-0.39, 0.29) is 12.4 Å². The van der Waals surface area contributed by atoms with Crippen LogP contribution in [0.4, 0.5) is 0 Å². The Morgan fingerprint density at radius 2 is 2.08 bits per heavy atom. The number of rotatable bonds is 1. The highest BCUT2D eigenvalue weighted by molar-refractivity contribution is 5.85. The van der Waals surface area contributed by atoms with E-state index in [0.29, 0.717) is 0 Å². The Labute approximate surface area is 77.0 Å². The summed E-state index contributed by atoms with van der Waals surface area (Å²) in [4.78, 5) is 3.11. The fraction of sp³-hybridized carbons (Fsp3) is 0.111. The summed E-state index contributed by atoms with van der Waals surface area (Å²) in [5, 5.41) is 1.13. The highest BCUT2D eigenvalue weighted by Crippen LogP contribution is 2.23. The van der Waals surface area contributed by atoms with E-state index in [0.717, 1.165) is 16.7 Å². The van der Waals surface area contributed by atoms with Crippen molar-refractivity contribution in [3.63, 3.8) is 0 Å². The van der Waals surface area contributed by atoms with E-state index in [9.17, 15) is 0 Å². The van der Waals surface area contributed by atoms with Crippen molar-refractivity contribution in [1.29, 1.82) is 0 Å². The van der Waals surface area contributed by atoms with Crippen LogP contribution in [-0.4, -0.2) is 12.1 Å². The first-order valence-corrected chi connectivity index (χ1v) is 3.52. The van der Waals surface area contributed by atoms with E-state index < -0.39 is 0 Å². The van der Waals surface area contributed by atoms with Gasteiger partial charge in [-0.3, -0.25) is 0 Å². The van der Waals surface area contributed by atoms with Gasteiger partial charge >= 0.3 is 0 Å². The molecule has 0 aliphatic rings. The number of H-pyrrole nitrogens is 1. The van der Waals surface area contributed by atoms with Crippen LogP contribution in [0.3, 0.4) is 0 Å². The second kappa shape index (κ2) is 3.50. The predicted octanol–water partition coefficient (Wildman–Crippen LogP) is 2.60. The molecule has 0 aliphatic heterocycles. The molecule has 0 radical (unpaired) electrons. The summed E-state index contributed by atoms with van der Waals surface area (Å²) in [5.74, 6) is 0.920. The van der Waals surface area contributed by atoms with Crippen LogP contribution in [-0.2, 0) is 0 Å². The van der Waals surface area contributed by atoms with Gasteiger partial charge < -0.3 is 9.72 Å². The summed E-state index contributed by atoms with van der Waals surface area (Å²) in [7, 11) is 1.68. The van der Waals surface area contributed by atoms with Gasteiger partial charge in [0.05, 0.1) is 7.11 Å². The molecule has 0 aliphatic carbocycles. The molecule has 0 amide bonds. The van der Waals surface area contributed by atoms with Crippen molar-refractivity contribution in [2.24, 2.45) is 0 Å².